The van der Waals surface area contributed by atoms with E-state index >= 15 is 0 Å². The van der Waals surface area contributed by atoms with Crippen LogP contribution in [0.4, 0.5) is 0 Å². The molecule has 6 nitrogen and oxygen atoms in total. The van der Waals surface area contributed by atoms with Crippen molar-refractivity contribution in [3.05, 3.63) is 34.2 Å². The molecule has 2 unspecified atom stereocenters. The third-order valence-electron chi connectivity index (χ3n) is 3.27. The molecular formula is C12H14N2O4. The van der Waals surface area contributed by atoms with E-state index in [4.69, 9.17) is 5.11 Å². The van der Waals surface area contributed by atoms with Gasteiger partial charge >= 0.3 is 5.97 Å². The topological polar surface area (TPSA) is 90.5 Å². The Labute approximate surface area is 103 Å². The number of hydrogen-bond donors (Lipinski definition) is 2. The lowest BCUT2D eigenvalue weighted by Crippen LogP contribution is -2.33. The number of nitrogens with zero attached hydrogens (tertiary/aromatic N) is 1. The van der Waals surface area contributed by atoms with E-state index in [0.29, 0.717) is 6.54 Å². The van der Waals surface area contributed by atoms with Crippen molar-refractivity contribution < 1.29 is 14.7 Å². The maximum atomic E-state index is 12.1. The second kappa shape index (κ2) is 4.64. The number of nitrogens with one attached hydrogen (secondary N) is 1. The smallest absolute Gasteiger partial charge is 0.308 e. The standard InChI is InChI=1S/C12H14N2O4/c1-7-5-14(6-9(7)12(17)18)11(16)8-3-2-4-13-10(8)15/h2-4,7,9H,5-6H2,1H3,(H,13,15)(H,17,18). The highest BCUT2D eigenvalue weighted by Gasteiger charge is 2.37. The van der Waals surface area contributed by atoms with Gasteiger partial charge in [-0.05, 0) is 18.1 Å². The highest BCUT2D eigenvalue weighted by molar-refractivity contribution is 5.94. The molecule has 1 aliphatic rings. The molecule has 2 atom stereocenters. The van der Waals surface area contributed by atoms with Gasteiger partial charge in [-0.1, -0.05) is 6.92 Å². The molecule has 0 aliphatic carbocycles. The van der Waals surface area contributed by atoms with Crippen molar-refractivity contribution in [1.29, 1.82) is 0 Å². The van der Waals surface area contributed by atoms with E-state index in [9.17, 15) is 14.4 Å². The first-order valence-electron chi connectivity index (χ1n) is 5.70. The number of H-pyrrole nitrogens is 1. The van der Waals surface area contributed by atoms with Crippen LogP contribution in [0.15, 0.2) is 23.1 Å². The van der Waals surface area contributed by atoms with Gasteiger partial charge in [-0.2, -0.15) is 0 Å². The van der Waals surface area contributed by atoms with Crippen molar-refractivity contribution in [3.63, 3.8) is 0 Å². The molecule has 0 aromatic carbocycles. The van der Waals surface area contributed by atoms with Gasteiger partial charge in [0.15, 0.2) is 0 Å². The lowest BCUT2D eigenvalue weighted by molar-refractivity contribution is -0.142. The number of aliphatic carboxylic acids is 1. The van der Waals surface area contributed by atoms with Crippen molar-refractivity contribution in [2.75, 3.05) is 13.1 Å². The Kier molecular flexibility index (Phi) is 3.18. The minimum atomic E-state index is -0.903. The Balaban J connectivity index is 2.20. The average Bonchev–Trinajstić information content (AvgIpc) is 2.71. The Morgan fingerprint density at radius 3 is 2.72 bits per heavy atom. The van der Waals surface area contributed by atoms with Crippen molar-refractivity contribution in [3.8, 4) is 0 Å². The molecule has 96 valence electrons. The van der Waals surface area contributed by atoms with E-state index in [-0.39, 0.29) is 18.0 Å². The van der Waals surface area contributed by atoms with Gasteiger partial charge in [0.25, 0.3) is 11.5 Å². The van der Waals surface area contributed by atoms with Crippen molar-refractivity contribution in [2.45, 2.75) is 6.92 Å². The number of carboxylic acids is 1. The minimum absolute atomic E-state index is 0.0516. The molecule has 1 aromatic heterocycles. The van der Waals surface area contributed by atoms with Crippen LogP contribution in [-0.4, -0.2) is 40.0 Å². The first kappa shape index (κ1) is 12.3. The third kappa shape index (κ3) is 2.13. The van der Waals surface area contributed by atoms with Crippen LogP contribution in [0.25, 0.3) is 0 Å². The molecule has 0 spiro atoms. The monoisotopic (exact) mass is 250 g/mol. The molecule has 0 radical (unpaired) electrons. The van der Waals surface area contributed by atoms with Gasteiger partial charge in [-0.25, -0.2) is 0 Å². The number of aromatic amines is 1. The van der Waals surface area contributed by atoms with Gasteiger partial charge in [-0.15, -0.1) is 0 Å². The van der Waals surface area contributed by atoms with Crippen molar-refractivity contribution >= 4 is 11.9 Å². The van der Waals surface area contributed by atoms with Crippen LogP contribution in [0.1, 0.15) is 17.3 Å². The number of likely N-dealkylation sites (tertiary alicyclic amines) is 1. The number of hydrogen-bond acceptors (Lipinski definition) is 3. The van der Waals surface area contributed by atoms with Crippen molar-refractivity contribution in [1.82, 2.24) is 9.88 Å². The summed E-state index contributed by atoms with van der Waals surface area (Å²) in [5, 5.41) is 9.00. The summed E-state index contributed by atoms with van der Waals surface area (Å²) in [7, 11) is 0. The van der Waals surface area contributed by atoms with Crippen LogP contribution in [-0.2, 0) is 4.79 Å². The summed E-state index contributed by atoms with van der Waals surface area (Å²) in [5.74, 6) is -1.97. The Bertz CT molecular complexity index is 537. The normalized spacial score (nSPS) is 23.1. The number of carbonyl (C=O) groups is 2. The molecule has 6 heteroatoms. The van der Waals surface area contributed by atoms with E-state index in [1.54, 1.807) is 13.0 Å². The molecule has 2 heterocycles. The summed E-state index contributed by atoms with van der Waals surface area (Å²) in [6, 6.07) is 3.02. The molecule has 1 amide bonds. The SMILES string of the molecule is CC1CN(C(=O)c2ccc[nH]c2=O)CC1C(=O)O. The fourth-order valence-electron chi connectivity index (χ4n) is 2.21. The fraction of sp³-hybridized carbons (Fsp3) is 0.417. The number of rotatable bonds is 2. The van der Waals surface area contributed by atoms with E-state index < -0.39 is 23.4 Å². The van der Waals surface area contributed by atoms with Crippen LogP contribution < -0.4 is 5.56 Å². The second-order valence-corrected chi connectivity index (χ2v) is 4.55. The largest absolute Gasteiger partial charge is 0.481 e. The zero-order chi connectivity index (χ0) is 13.3. The van der Waals surface area contributed by atoms with Crippen LogP contribution in [0.3, 0.4) is 0 Å². The van der Waals surface area contributed by atoms with Crippen molar-refractivity contribution in [2.24, 2.45) is 11.8 Å². The van der Waals surface area contributed by atoms with Gasteiger partial charge in [-0.3, -0.25) is 14.4 Å². The molecule has 18 heavy (non-hydrogen) atoms. The van der Waals surface area contributed by atoms with Gasteiger partial charge in [0.1, 0.15) is 5.56 Å². The molecule has 1 saturated heterocycles. The molecule has 1 aromatic rings. The molecule has 2 N–H and O–H groups in total. The lowest BCUT2D eigenvalue weighted by atomic mass is 9.99. The zero-order valence-corrected chi connectivity index (χ0v) is 9.92. The maximum Gasteiger partial charge on any atom is 0.308 e. The molecular weight excluding hydrogens is 236 g/mol. The van der Waals surface area contributed by atoms with E-state index in [1.807, 2.05) is 0 Å². The minimum Gasteiger partial charge on any atom is -0.481 e. The van der Waals surface area contributed by atoms with E-state index in [2.05, 4.69) is 4.98 Å². The van der Waals surface area contributed by atoms with Crippen LogP contribution >= 0.6 is 0 Å². The quantitative estimate of drug-likeness (QED) is 0.782. The summed E-state index contributed by atoms with van der Waals surface area (Å²) in [6.07, 6.45) is 1.45. The summed E-state index contributed by atoms with van der Waals surface area (Å²) in [5.41, 5.74) is -0.398. The molecule has 1 fully saturated rings. The predicted molar refractivity (Wildman–Crippen MR) is 63.3 cm³/mol. The first-order chi connectivity index (χ1) is 8.50. The van der Waals surface area contributed by atoms with Gasteiger partial charge in [0, 0.05) is 19.3 Å². The third-order valence-corrected chi connectivity index (χ3v) is 3.27. The summed E-state index contributed by atoms with van der Waals surface area (Å²) < 4.78 is 0. The van der Waals surface area contributed by atoms with Gasteiger partial charge < -0.3 is 15.0 Å². The van der Waals surface area contributed by atoms with Crippen LogP contribution in [0, 0.1) is 11.8 Å². The highest BCUT2D eigenvalue weighted by atomic mass is 16.4. The molecule has 0 saturated carbocycles. The summed E-state index contributed by atoms with van der Waals surface area (Å²) in [4.78, 5) is 38.4. The second-order valence-electron chi connectivity index (χ2n) is 4.55. The Morgan fingerprint density at radius 1 is 1.44 bits per heavy atom. The van der Waals surface area contributed by atoms with E-state index in [0.717, 1.165) is 0 Å². The summed E-state index contributed by atoms with van der Waals surface area (Å²) >= 11 is 0. The van der Waals surface area contributed by atoms with E-state index in [1.165, 1.54) is 17.2 Å². The predicted octanol–water partition coefficient (Wildman–Crippen LogP) is 0.168. The molecule has 2 rings (SSSR count). The van der Waals surface area contributed by atoms with Gasteiger partial charge in [0.2, 0.25) is 0 Å². The van der Waals surface area contributed by atoms with Crippen LogP contribution in [0.2, 0.25) is 0 Å². The molecule has 1 aliphatic heterocycles. The van der Waals surface area contributed by atoms with Crippen LogP contribution in [0.5, 0.6) is 0 Å². The highest BCUT2D eigenvalue weighted by Crippen LogP contribution is 2.24. The number of carbonyl (C=O) groups excluding carboxylic acids is 1. The number of aromatic nitrogens is 1. The van der Waals surface area contributed by atoms with Gasteiger partial charge in [0.05, 0.1) is 5.92 Å². The number of pyridine rings is 1. The summed E-state index contributed by atoms with van der Waals surface area (Å²) in [6.45, 7) is 2.31. The first-order valence-corrected chi connectivity index (χ1v) is 5.70. The zero-order valence-electron chi connectivity index (χ0n) is 9.92. The maximum absolute atomic E-state index is 12.1. The fourth-order valence-corrected chi connectivity index (χ4v) is 2.21. The molecule has 0 bridgehead atoms. The average molecular weight is 250 g/mol. The Hall–Kier alpha value is -2.11. The lowest BCUT2D eigenvalue weighted by Gasteiger charge is -2.15. The number of amides is 1. The Morgan fingerprint density at radius 2 is 2.17 bits per heavy atom. The number of carboxylic acid groups (broad SMARTS) is 1.